The molecule has 9 nitrogen and oxygen atoms in total. The Kier molecular flexibility index (Phi) is 24.0. The zero-order chi connectivity index (χ0) is 36.5. The second-order valence-corrected chi connectivity index (χ2v) is 15.2. The molecule has 1 aliphatic rings. The Morgan fingerprint density at radius 2 is 1.31 bits per heavy atom. The van der Waals surface area contributed by atoms with Gasteiger partial charge in [-0.1, -0.05) is 109 Å². The molecule has 0 spiro atoms. The zero-order valence-corrected chi connectivity index (χ0v) is 33.5. The van der Waals surface area contributed by atoms with Crippen molar-refractivity contribution in [2.45, 2.75) is 147 Å². The van der Waals surface area contributed by atoms with Crippen molar-refractivity contribution in [2.24, 2.45) is 0 Å². The molecular formula is C41H64ClN3O6S. The van der Waals surface area contributed by atoms with Crippen molar-refractivity contribution in [3.05, 3.63) is 59.9 Å². The number of carbonyl (C=O) groups excluding carboxylic acids is 3. The van der Waals surface area contributed by atoms with Crippen LogP contribution in [0.15, 0.2) is 48.7 Å². The number of rotatable bonds is 26. The molecule has 1 N–H and O–H groups in total. The summed E-state index contributed by atoms with van der Waals surface area (Å²) in [6.07, 6.45) is 22.8. The molecule has 292 valence electrons. The van der Waals surface area contributed by atoms with Crippen LogP contribution in [0.4, 0.5) is 9.59 Å². The Balaban J connectivity index is 0.00000936. The van der Waals surface area contributed by atoms with E-state index in [0.29, 0.717) is 31.0 Å². The van der Waals surface area contributed by atoms with E-state index in [4.69, 9.17) is 14.2 Å². The van der Waals surface area contributed by atoms with Crippen LogP contribution in [0, 0.1) is 0 Å². The lowest BCUT2D eigenvalue weighted by atomic mass is 10.0. The van der Waals surface area contributed by atoms with E-state index in [1.54, 1.807) is 43.1 Å². The topological polar surface area (TPSA) is 98.0 Å². The van der Waals surface area contributed by atoms with Crippen molar-refractivity contribution < 1.29 is 45.6 Å². The van der Waals surface area contributed by atoms with E-state index in [-0.39, 0.29) is 42.2 Å². The SMILES string of the molecule is CCCCCCCCCCCCCCCCCCNC(=O)OC[C@H]1C[C@H](COC(=O)N(Cc2cccc[n+]2CC)C(=O)c2ccc(OC)cc2)S1.[Cl-]. The average molecular weight is 762 g/mol. The molecule has 1 saturated heterocycles. The molecule has 0 saturated carbocycles. The maximum absolute atomic E-state index is 13.5. The van der Waals surface area contributed by atoms with E-state index in [1.807, 2.05) is 35.9 Å². The highest BCUT2D eigenvalue weighted by Gasteiger charge is 2.34. The molecule has 11 heteroatoms. The number of hydrogen-bond donors (Lipinski definition) is 1. The summed E-state index contributed by atoms with van der Waals surface area (Å²) >= 11 is 1.64. The summed E-state index contributed by atoms with van der Waals surface area (Å²) in [4.78, 5) is 40.1. The van der Waals surface area contributed by atoms with Gasteiger partial charge >= 0.3 is 12.2 Å². The highest BCUT2D eigenvalue weighted by atomic mass is 35.5. The van der Waals surface area contributed by atoms with Crippen LogP contribution in [0.2, 0.25) is 0 Å². The van der Waals surface area contributed by atoms with Crippen molar-refractivity contribution in [1.29, 1.82) is 0 Å². The maximum atomic E-state index is 13.5. The normalized spacial score (nSPS) is 14.8. The molecule has 2 aromatic rings. The van der Waals surface area contributed by atoms with Crippen LogP contribution in [-0.4, -0.2) is 60.4 Å². The Labute approximate surface area is 323 Å². The van der Waals surface area contributed by atoms with Gasteiger partial charge in [-0.3, -0.25) is 4.79 Å². The summed E-state index contributed by atoms with van der Waals surface area (Å²) in [5.41, 5.74) is 1.19. The highest BCUT2D eigenvalue weighted by Crippen LogP contribution is 2.37. The first-order valence-electron chi connectivity index (χ1n) is 19.6. The minimum Gasteiger partial charge on any atom is -1.00 e. The van der Waals surface area contributed by atoms with Crippen LogP contribution in [0.3, 0.4) is 0 Å². The van der Waals surface area contributed by atoms with Crippen molar-refractivity contribution in [3.8, 4) is 5.75 Å². The Morgan fingerprint density at radius 3 is 1.85 bits per heavy atom. The standard InChI is InChI=1S/C41H63N3O6S.ClH/c1-4-6-7-8-9-10-11-12-13-14-15-16-17-18-19-21-28-42-40(46)49-32-37-30-38(51-37)33-50-41(47)44(31-35-23-20-22-29-43(35)5-2)39(45)34-24-26-36(48-3)27-25-34;/h20,22-27,29,37-38H,4-19,21,28,30-33H2,1-3H3;1H/t37-,38-;/m1./s1. The van der Waals surface area contributed by atoms with Gasteiger partial charge in [0.05, 0.1) is 7.11 Å². The maximum Gasteiger partial charge on any atom is 0.417 e. The number of nitrogens with zero attached hydrogens (tertiary/aromatic N) is 2. The molecule has 2 heterocycles. The summed E-state index contributed by atoms with van der Waals surface area (Å²) in [5, 5.41) is 3.13. The van der Waals surface area contributed by atoms with Crippen LogP contribution < -0.4 is 27.0 Å². The Bertz CT molecular complexity index is 1280. The number of benzene rings is 1. The van der Waals surface area contributed by atoms with Gasteiger partial charge in [-0.05, 0) is 44.0 Å². The number of ether oxygens (including phenoxy) is 3. The molecule has 3 rings (SSSR count). The van der Waals surface area contributed by atoms with Crippen molar-refractivity contribution in [3.63, 3.8) is 0 Å². The lowest BCUT2D eigenvalue weighted by molar-refractivity contribution is -0.701. The van der Waals surface area contributed by atoms with Crippen LogP contribution in [0.1, 0.15) is 139 Å². The number of methoxy groups -OCH3 is 1. The molecule has 1 fully saturated rings. The van der Waals surface area contributed by atoms with Gasteiger partial charge in [-0.2, -0.15) is 0 Å². The fraction of sp³-hybridized carbons (Fsp3) is 0.659. The first-order valence-corrected chi connectivity index (χ1v) is 20.6. The molecule has 0 unspecified atom stereocenters. The molecule has 1 aromatic carbocycles. The van der Waals surface area contributed by atoms with Gasteiger partial charge < -0.3 is 31.9 Å². The fourth-order valence-corrected chi connectivity index (χ4v) is 7.49. The smallest absolute Gasteiger partial charge is 0.417 e. The predicted molar refractivity (Wildman–Crippen MR) is 205 cm³/mol. The number of aryl methyl sites for hydroxylation is 1. The van der Waals surface area contributed by atoms with E-state index < -0.39 is 12.0 Å². The van der Waals surface area contributed by atoms with Crippen LogP contribution in [-0.2, 0) is 22.6 Å². The zero-order valence-electron chi connectivity index (χ0n) is 32.0. The third-order valence-corrected chi connectivity index (χ3v) is 10.9. The number of halogens is 1. The molecular weight excluding hydrogens is 698 g/mol. The molecule has 3 amide bonds. The number of unbranched alkanes of at least 4 members (excludes halogenated alkanes) is 15. The second kappa shape index (κ2) is 27.6. The molecule has 52 heavy (non-hydrogen) atoms. The number of aromatic nitrogens is 1. The Morgan fingerprint density at radius 1 is 0.769 bits per heavy atom. The third kappa shape index (κ3) is 17.7. The molecule has 2 atom stereocenters. The number of amides is 3. The highest BCUT2D eigenvalue weighted by molar-refractivity contribution is 8.01. The van der Waals surface area contributed by atoms with Gasteiger partial charge in [-0.15, -0.1) is 11.8 Å². The van der Waals surface area contributed by atoms with E-state index in [2.05, 4.69) is 12.2 Å². The van der Waals surface area contributed by atoms with Crippen molar-refractivity contribution in [2.75, 3.05) is 26.9 Å². The first-order chi connectivity index (χ1) is 24.9. The van der Waals surface area contributed by atoms with Crippen molar-refractivity contribution >= 4 is 29.9 Å². The third-order valence-electron chi connectivity index (χ3n) is 9.50. The summed E-state index contributed by atoms with van der Waals surface area (Å²) in [6, 6.07) is 12.4. The van der Waals surface area contributed by atoms with E-state index in [0.717, 1.165) is 29.9 Å². The fourth-order valence-electron chi connectivity index (χ4n) is 6.33. The summed E-state index contributed by atoms with van der Waals surface area (Å²) < 4.78 is 18.3. The second-order valence-electron chi connectivity index (χ2n) is 13.6. The van der Waals surface area contributed by atoms with Gasteiger partial charge in [0.15, 0.2) is 6.20 Å². The number of thioether (sulfide) groups is 1. The molecule has 0 radical (unpaired) electrons. The number of nitrogens with one attached hydrogen (secondary N) is 1. The monoisotopic (exact) mass is 761 g/mol. The molecule has 0 bridgehead atoms. The van der Waals surface area contributed by atoms with Gasteiger partial charge in [0.1, 0.15) is 32.1 Å². The summed E-state index contributed by atoms with van der Waals surface area (Å²) in [7, 11) is 1.56. The lowest BCUT2D eigenvalue weighted by Gasteiger charge is -2.34. The largest absolute Gasteiger partial charge is 1.00 e. The predicted octanol–water partition coefficient (Wildman–Crippen LogP) is 6.65. The van der Waals surface area contributed by atoms with Gasteiger partial charge in [0.2, 0.25) is 5.69 Å². The summed E-state index contributed by atoms with van der Waals surface area (Å²) in [5.74, 6) is 0.188. The van der Waals surface area contributed by atoms with E-state index >= 15 is 0 Å². The van der Waals surface area contributed by atoms with Gasteiger partial charge in [0.25, 0.3) is 5.91 Å². The molecule has 1 aromatic heterocycles. The quantitative estimate of drug-likeness (QED) is 0.0848. The molecule has 0 aliphatic carbocycles. The van der Waals surface area contributed by atoms with Crippen LogP contribution >= 0.6 is 11.8 Å². The first kappa shape index (κ1) is 45.2. The average Bonchev–Trinajstić information content (AvgIpc) is 3.14. The van der Waals surface area contributed by atoms with Crippen LogP contribution in [0.25, 0.3) is 0 Å². The summed E-state index contributed by atoms with van der Waals surface area (Å²) in [6.45, 7) is 6.22. The minimum absolute atomic E-state index is 0. The van der Waals surface area contributed by atoms with Gasteiger partial charge in [0, 0.05) is 34.7 Å². The number of hydrogen-bond acceptors (Lipinski definition) is 7. The number of pyridine rings is 1. The lowest BCUT2D eigenvalue weighted by Crippen LogP contribution is -3.00. The minimum atomic E-state index is -0.684. The number of imide groups is 1. The van der Waals surface area contributed by atoms with Crippen LogP contribution in [0.5, 0.6) is 5.75 Å². The van der Waals surface area contributed by atoms with Gasteiger partial charge in [-0.25, -0.2) is 19.1 Å². The Hall–Kier alpha value is -2.98. The van der Waals surface area contributed by atoms with E-state index in [9.17, 15) is 14.4 Å². The number of carbonyl (C=O) groups is 3. The molecule has 1 aliphatic heterocycles. The van der Waals surface area contributed by atoms with Crippen molar-refractivity contribution in [1.82, 2.24) is 10.2 Å². The van der Waals surface area contributed by atoms with E-state index in [1.165, 1.54) is 89.9 Å². The number of alkyl carbamates (subject to hydrolysis) is 1.